The van der Waals surface area contributed by atoms with E-state index in [-0.39, 0.29) is 10.6 Å². The van der Waals surface area contributed by atoms with Crippen molar-refractivity contribution in [2.24, 2.45) is 0 Å². The van der Waals surface area contributed by atoms with Crippen LogP contribution in [0.5, 0.6) is 0 Å². The maximum absolute atomic E-state index is 13.2. The number of hydrogen-bond donors (Lipinski definition) is 0. The molecule has 8 nitrogen and oxygen atoms in total. The van der Waals surface area contributed by atoms with E-state index in [4.69, 9.17) is 0 Å². The lowest BCUT2D eigenvalue weighted by Gasteiger charge is -2.25. The number of nitro benzene ring substituents is 1. The second-order valence-corrected chi connectivity index (χ2v) is 7.95. The lowest BCUT2D eigenvalue weighted by Crippen LogP contribution is -2.36. The first kappa shape index (κ1) is 20.4. The SMILES string of the molecule is COC(=O)CN(c1ccc(C)cc1C)S(=O)(=O)c1ccc(C)c([N+](=O)[O-])c1. The largest absolute Gasteiger partial charge is 0.468 e. The summed E-state index contributed by atoms with van der Waals surface area (Å²) in [6.45, 7) is 4.55. The Hall–Kier alpha value is -2.94. The third-order valence-corrected chi connectivity index (χ3v) is 5.84. The molecule has 2 aromatic rings. The van der Waals surface area contributed by atoms with Crippen molar-refractivity contribution in [3.8, 4) is 0 Å². The fourth-order valence-electron chi connectivity index (χ4n) is 2.64. The number of rotatable bonds is 6. The average Bonchev–Trinajstić information content (AvgIpc) is 2.59. The summed E-state index contributed by atoms with van der Waals surface area (Å²) in [4.78, 5) is 22.1. The number of sulfonamides is 1. The van der Waals surface area contributed by atoms with E-state index in [0.29, 0.717) is 16.8 Å². The van der Waals surface area contributed by atoms with Gasteiger partial charge in [-0.25, -0.2) is 8.42 Å². The molecule has 0 N–H and O–H groups in total. The summed E-state index contributed by atoms with van der Waals surface area (Å²) in [6.07, 6.45) is 0. The zero-order chi connectivity index (χ0) is 20.4. The molecule has 0 aromatic heterocycles. The van der Waals surface area contributed by atoms with Crippen LogP contribution in [0.1, 0.15) is 16.7 Å². The third-order valence-electron chi connectivity index (χ3n) is 4.09. The van der Waals surface area contributed by atoms with Gasteiger partial charge in [0.1, 0.15) is 6.54 Å². The fraction of sp³-hybridized carbons (Fsp3) is 0.278. The van der Waals surface area contributed by atoms with E-state index in [0.717, 1.165) is 23.0 Å². The second kappa shape index (κ2) is 7.75. The summed E-state index contributed by atoms with van der Waals surface area (Å²) in [5, 5.41) is 11.2. The van der Waals surface area contributed by atoms with Crippen LogP contribution in [-0.4, -0.2) is 33.0 Å². The minimum absolute atomic E-state index is 0.274. The van der Waals surface area contributed by atoms with Crippen molar-refractivity contribution in [2.75, 3.05) is 18.0 Å². The topological polar surface area (TPSA) is 107 Å². The Morgan fingerprint density at radius 2 is 1.78 bits per heavy atom. The molecule has 144 valence electrons. The number of nitro groups is 1. The number of benzene rings is 2. The molecule has 2 aromatic carbocycles. The molecule has 0 radical (unpaired) electrons. The van der Waals surface area contributed by atoms with Crippen molar-refractivity contribution in [1.29, 1.82) is 0 Å². The molecule has 0 aliphatic carbocycles. The predicted octanol–water partition coefficient (Wildman–Crippen LogP) is 2.89. The minimum Gasteiger partial charge on any atom is -0.468 e. The number of carbonyl (C=O) groups excluding carboxylic acids is 1. The monoisotopic (exact) mass is 392 g/mol. The fourth-order valence-corrected chi connectivity index (χ4v) is 4.13. The first-order valence-electron chi connectivity index (χ1n) is 7.99. The summed E-state index contributed by atoms with van der Waals surface area (Å²) in [5.74, 6) is -0.750. The normalized spacial score (nSPS) is 11.1. The van der Waals surface area contributed by atoms with Crippen LogP contribution >= 0.6 is 0 Å². The highest BCUT2D eigenvalue weighted by molar-refractivity contribution is 7.92. The molecule has 0 aliphatic rings. The summed E-state index contributed by atoms with van der Waals surface area (Å²) in [6, 6.07) is 8.74. The third kappa shape index (κ3) is 4.25. The molecule has 0 aliphatic heterocycles. The number of ether oxygens (including phenoxy) is 1. The minimum atomic E-state index is -4.24. The Kier molecular flexibility index (Phi) is 5.85. The van der Waals surface area contributed by atoms with Gasteiger partial charge in [-0.2, -0.15) is 0 Å². The highest BCUT2D eigenvalue weighted by atomic mass is 32.2. The van der Waals surface area contributed by atoms with E-state index in [9.17, 15) is 23.3 Å². The highest BCUT2D eigenvalue weighted by Crippen LogP contribution is 2.30. The number of aryl methyl sites for hydroxylation is 3. The van der Waals surface area contributed by atoms with Crippen molar-refractivity contribution in [1.82, 2.24) is 0 Å². The number of esters is 1. The zero-order valence-corrected chi connectivity index (χ0v) is 16.2. The van der Waals surface area contributed by atoms with Crippen LogP contribution in [-0.2, 0) is 19.6 Å². The summed E-state index contributed by atoms with van der Waals surface area (Å²) >= 11 is 0. The lowest BCUT2D eigenvalue weighted by molar-refractivity contribution is -0.385. The van der Waals surface area contributed by atoms with Crippen LogP contribution in [0, 0.1) is 30.9 Å². The van der Waals surface area contributed by atoms with Gasteiger partial charge < -0.3 is 4.74 Å². The van der Waals surface area contributed by atoms with E-state index in [1.165, 1.54) is 19.1 Å². The Morgan fingerprint density at radius 3 is 2.33 bits per heavy atom. The molecule has 27 heavy (non-hydrogen) atoms. The molecule has 0 saturated carbocycles. The molecule has 0 bridgehead atoms. The summed E-state index contributed by atoms with van der Waals surface area (Å²) in [5.41, 5.74) is 1.90. The standard InChI is InChI=1S/C18H20N2O6S/c1-12-5-8-16(14(3)9-12)19(11-18(21)26-4)27(24,25)15-7-6-13(2)17(10-15)20(22)23/h5-10H,11H2,1-4H3. The van der Waals surface area contributed by atoms with Crippen molar-refractivity contribution in [2.45, 2.75) is 25.7 Å². The molecule has 0 spiro atoms. The summed E-state index contributed by atoms with van der Waals surface area (Å²) < 4.78 is 31.9. The van der Waals surface area contributed by atoms with Gasteiger partial charge in [0, 0.05) is 11.6 Å². The molecule has 2 rings (SSSR count). The van der Waals surface area contributed by atoms with E-state index in [1.807, 2.05) is 6.92 Å². The molecular weight excluding hydrogens is 372 g/mol. The maximum Gasteiger partial charge on any atom is 0.326 e. The van der Waals surface area contributed by atoms with Crippen LogP contribution in [0.25, 0.3) is 0 Å². The van der Waals surface area contributed by atoms with Gasteiger partial charge in [0.25, 0.3) is 15.7 Å². The molecule has 0 fully saturated rings. The lowest BCUT2D eigenvalue weighted by atomic mass is 10.1. The Balaban J connectivity index is 2.65. The smallest absolute Gasteiger partial charge is 0.326 e. The first-order chi connectivity index (χ1) is 12.6. The Morgan fingerprint density at radius 1 is 1.11 bits per heavy atom. The van der Waals surface area contributed by atoms with Crippen LogP contribution < -0.4 is 4.31 Å². The van der Waals surface area contributed by atoms with Gasteiger partial charge in [-0.15, -0.1) is 0 Å². The van der Waals surface area contributed by atoms with Gasteiger partial charge in [-0.05, 0) is 38.5 Å². The van der Waals surface area contributed by atoms with Gasteiger partial charge in [0.15, 0.2) is 0 Å². The van der Waals surface area contributed by atoms with Crippen LogP contribution in [0.3, 0.4) is 0 Å². The molecule has 0 atom stereocenters. The molecule has 0 amide bonds. The maximum atomic E-state index is 13.2. The second-order valence-electron chi connectivity index (χ2n) is 6.08. The van der Waals surface area contributed by atoms with E-state index < -0.39 is 27.5 Å². The van der Waals surface area contributed by atoms with Crippen LogP contribution in [0.4, 0.5) is 11.4 Å². The van der Waals surface area contributed by atoms with Gasteiger partial charge in [0.2, 0.25) is 0 Å². The Bertz CT molecular complexity index is 1000. The average molecular weight is 392 g/mol. The van der Waals surface area contributed by atoms with E-state index >= 15 is 0 Å². The number of nitrogens with zero attached hydrogens (tertiary/aromatic N) is 2. The van der Waals surface area contributed by atoms with Crippen LogP contribution in [0.2, 0.25) is 0 Å². The number of hydrogen-bond acceptors (Lipinski definition) is 6. The van der Waals surface area contributed by atoms with Gasteiger partial charge >= 0.3 is 5.97 Å². The molecular formula is C18H20N2O6S. The van der Waals surface area contributed by atoms with Crippen LogP contribution in [0.15, 0.2) is 41.3 Å². The number of carbonyl (C=O) groups is 1. The Labute approximate surface area is 157 Å². The van der Waals surface area contributed by atoms with Crippen molar-refractivity contribution >= 4 is 27.4 Å². The van der Waals surface area contributed by atoms with Crippen molar-refractivity contribution < 1.29 is 22.9 Å². The zero-order valence-electron chi connectivity index (χ0n) is 15.4. The van der Waals surface area contributed by atoms with Gasteiger partial charge in [-0.3, -0.25) is 19.2 Å². The molecule has 0 unspecified atom stereocenters. The molecule has 0 saturated heterocycles. The molecule has 0 heterocycles. The predicted molar refractivity (Wildman–Crippen MR) is 100 cm³/mol. The van der Waals surface area contributed by atoms with Gasteiger partial charge in [0.05, 0.1) is 22.6 Å². The van der Waals surface area contributed by atoms with E-state index in [1.54, 1.807) is 25.1 Å². The first-order valence-corrected chi connectivity index (χ1v) is 9.43. The highest BCUT2D eigenvalue weighted by Gasteiger charge is 2.30. The summed E-state index contributed by atoms with van der Waals surface area (Å²) in [7, 11) is -3.08. The molecule has 9 heteroatoms. The van der Waals surface area contributed by atoms with Gasteiger partial charge in [-0.1, -0.05) is 23.8 Å². The number of anilines is 1. The van der Waals surface area contributed by atoms with Crippen molar-refractivity contribution in [3.05, 3.63) is 63.2 Å². The van der Waals surface area contributed by atoms with Crippen molar-refractivity contribution in [3.63, 3.8) is 0 Å². The quantitative estimate of drug-likeness (QED) is 0.425. The van der Waals surface area contributed by atoms with E-state index in [2.05, 4.69) is 4.74 Å². The number of methoxy groups -OCH3 is 1.